The topological polar surface area (TPSA) is 21.6 Å². The third-order valence-electron chi connectivity index (χ3n) is 1.92. The molecule has 0 saturated heterocycles. The Bertz CT molecular complexity index is 210. The first-order valence-corrected chi connectivity index (χ1v) is 3.68. The number of nitrogens with zero attached hydrogens (tertiary/aromatic N) is 1. The standard InChI is InChI=1S/C8H12BNO/c1-7(11-3)8-6-10-5-4-9(8)2/h4-6,8H,1H2,2-3H3. The number of rotatable bonds is 2. The summed E-state index contributed by atoms with van der Waals surface area (Å²) in [7, 11) is 1.64. The molecule has 2 nitrogen and oxygen atoms in total. The van der Waals surface area contributed by atoms with E-state index in [0.29, 0.717) is 6.71 Å². The van der Waals surface area contributed by atoms with Crippen LogP contribution in [0.5, 0.6) is 0 Å². The molecule has 0 bridgehead atoms. The zero-order chi connectivity index (χ0) is 8.27. The summed E-state index contributed by atoms with van der Waals surface area (Å²) in [5, 5.41) is 0. The van der Waals surface area contributed by atoms with Crippen LogP contribution in [0.15, 0.2) is 29.5 Å². The highest BCUT2D eigenvalue weighted by atomic mass is 16.5. The van der Waals surface area contributed by atoms with E-state index in [1.807, 2.05) is 12.4 Å². The summed E-state index contributed by atoms with van der Waals surface area (Å²) >= 11 is 0. The second-order valence-corrected chi connectivity index (χ2v) is 2.70. The van der Waals surface area contributed by atoms with E-state index >= 15 is 0 Å². The number of hydrogen-bond acceptors (Lipinski definition) is 2. The van der Waals surface area contributed by atoms with Gasteiger partial charge in [-0.15, -0.1) is 0 Å². The second-order valence-electron chi connectivity index (χ2n) is 2.70. The van der Waals surface area contributed by atoms with Crippen LogP contribution in [-0.2, 0) is 4.74 Å². The Morgan fingerprint density at radius 2 is 2.45 bits per heavy atom. The molecule has 0 fully saturated rings. The monoisotopic (exact) mass is 149 g/mol. The Hall–Kier alpha value is -0.985. The molecule has 0 radical (unpaired) electrons. The third-order valence-corrected chi connectivity index (χ3v) is 1.92. The molecule has 0 N–H and O–H groups in total. The average Bonchev–Trinajstić information content (AvgIpc) is 2.04. The van der Waals surface area contributed by atoms with E-state index in [2.05, 4.69) is 24.4 Å². The van der Waals surface area contributed by atoms with Gasteiger partial charge >= 0.3 is 0 Å². The van der Waals surface area contributed by atoms with Crippen molar-refractivity contribution in [1.82, 2.24) is 0 Å². The quantitative estimate of drug-likeness (QED) is 0.433. The molecule has 0 aliphatic carbocycles. The molecule has 1 unspecified atom stereocenters. The molecule has 1 aliphatic rings. The van der Waals surface area contributed by atoms with Gasteiger partial charge in [0.2, 0.25) is 0 Å². The van der Waals surface area contributed by atoms with Crippen LogP contribution in [0.1, 0.15) is 0 Å². The van der Waals surface area contributed by atoms with Crippen molar-refractivity contribution in [3.8, 4) is 0 Å². The summed E-state index contributed by atoms with van der Waals surface area (Å²) in [5.41, 5.74) is 0. The van der Waals surface area contributed by atoms with Gasteiger partial charge in [0.05, 0.1) is 12.9 Å². The molecule has 1 aliphatic heterocycles. The van der Waals surface area contributed by atoms with Crippen molar-refractivity contribution in [1.29, 1.82) is 0 Å². The maximum Gasteiger partial charge on any atom is 0.183 e. The Kier molecular flexibility index (Phi) is 2.52. The summed E-state index contributed by atoms with van der Waals surface area (Å²) in [6, 6.07) is 0. The SMILES string of the molecule is C=C(OC)C1C=NC=CB1C. The van der Waals surface area contributed by atoms with E-state index in [1.165, 1.54) is 0 Å². The van der Waals surface area contributed by atoms with Gasteiger partial charge in [0.1, 0.15) is 0 Å². The van der Waals surface area contributed by atoms with Crippen molar-refractivity contribution in [2.24, 2.45) is 4.99 Å². The number of ether oxygens (including phenoxy) is 1. The molecule has 0 saturated carbocycles. The van der Waals surface area contributed by atoms with E-state index in [4.69, 9.17) is 4.74 Å². The van der Waals surface area contributed by atoms with E-state index in [-0.39, 0.29) is 5.82 Å². The lowest BCUT2D eigenvalue weighted by Gasteiger charge is -2.17. The van der Waals surface area contributed by atoms with E-state index in [0.717, 1.165) is 5.76 Å². The van der Waals surface area contributed by atoms with Crippen LogP contribution in [0.25, 0.3) is 0 Å². The molecule has 1 heterocycles. The van der Waals surface area contributed by atoms with Gasteiger partial charge < -0.3 is 4.74 Å². The minimum absolute atomic E-state index is 0.241. The molecule has 1 rings (SSSR count). The summed E-state index contributed by atoms with van der Waals surface area (Å²) in [6.07, 6.45) is 3.68. The molecule has 0 spiro atoms. The normalized spacial score (nSPS) is 22.0. The first kappa shape index (κ1) is 8.11. The molecule has 0 aromatic rings. The lowest BCUT2D eigenvalue weighted by molar-refractivity contribution is 0.289. The largest absolute Gasteiger partial charge is 0.502 e. The third kappa shape index (κ3) is 1.73. The van der Waals surface area contributed by atoms with Crippen LogP contribution in [0.2, 0.25) is 12.6 Å². The molecule has 0 aromatic heterocycles. The number of allylic oxidation sites excluding steroid dienone is 1. The highest BCUT2D eigenvalue weighted by Crippen LogP contribution is 2.21. The summed E-state index contributed by atoms with van der Waals surface area (Å²) in [4.78, 5) is 4.03. The molecule has 58 valence electrons. The van der Waals surface area contributed by atoms with Crippen LogP contribution in [-0.4, -0.2) is 20.0 Å². The minimum atomic E-state index is 0.241. The lowest BCUT2D eigenvalue weighted by atomic mass is 9.42. The maximum atomic E-state index is 5.04. The molecule has 1 atom stereocenters. The predicted octanol–water partition coefficient (Wildman–Crippen LogP) is 1.78. The van der Waals surface area contributed by atoms with Gasteiger partial charge in [-0.05, 0) is 0 Å². The van der Waals surface area contributed by atoms with Crippen molar-refractivity contribution in [2.75, 3.05) is 7.11 Å². The van der Waals surface area contributed by atoms with Crippen LogP contribution in [0, 0.1) is 0 Å². The van der Waals surface area contributed by atoms with E-state index in [9.17, 15) is 0 Å². The zero-order valence-corrected chi connectivity index (χ0v) is 6.95. The van der Waals surface area contributed by atoms with Crippen LogP contribution >= 0.6 is 0 Å². The molecule has 0 amide bonds. The average molecular weight is 149 g/mol. The number of aliphatic imine (C=N–C) groups is 1. The van der Waals surface area contributed by atoms with E-state index < -0.39 is 0 Å². The number of hydrogen-bond donors (Lipinski definition) is 0. The fourth-order valence-corrected chi connectivity index (χ4v) is 1.10. The van der Waals surface area contributed by atoms with Crippen LogP contribution < -0.4 is 0 Å². The van der Waals surface area contributed by atoms with Crippen LogP contribution in [0.3, 0.4) is 0 Å². The Balaban J connectivity index is 2.65. The zero-order valence-electron chi connectivity index (χ0n) is 6.95. The first-order valence-electron chi connectivity index (χ1n) is 3.68. The molecular weight excluding hydrogens is 137 g/mol. The van der Waals surface area contributed by atoms with Gasteiger partial charge in [0.25, 0.3) is 0 Å². The summed E-state index contributed by atoms with van der Waals surface area (Å²) in [5.74, 6) is 3.07. The van der Waals surface area contributed by atoms with Crippen LogP contribution in [0.4, 0.5) is 0 Å². The Labute approximate surface area is 67.7 Å². The fraction of sp³-hybridized carbons (Fsp3) is 0.375. The molecule has 11 heavy (non-hydrogen) atoms. The first-order chi connectivity index (χ1) is 5.25. The van der Waals surface area contributed by atoms with Gasteiger partial charge in [-0.25, -0.2) is 0 Å². The fourth-order valence-electron chi connectivity index (χ4n) is 1.10. The lowest BCUT2D eigenvalue weighted by Crippen LogP contribution is -2.20. The predicted molar refractivity (Wildman–Crippen MR) is 49.1 cm³/mol. The summed E-state index contributed by atoms with van der Waals surface area (Å²) < 4.78 is 5.04. The van der Waals surface area contributed by atoms with Gasteiger partial charge in [-0.3, -0.25) is 4.99 Å². The van der Waals surface area contributed by atoms with Crippen molar-refractivity contribution < 1.29 is 4.74 Å². The van der Waals surface area contributed by atoms with Crippen molar-refractivity contribution >= 4 is 12.9 Å². The maximum absolute atomic E-state index is 5.04. The molecule has 3 heteroatoms. The van der Waals surface area contributed by atoms with Gasteiger partial charge in [0.15, 0.2) is 6.71 Å². The van der Waals surface area contributed by atoms with Gasteiger partial charge in [-0.2, -0.15) is 0 Å². The molecule has 0 aromatic carbocycles. The smallest absolute Gasteiger partial charge is 0.183 e. The van der Waals surface area contributed by atoms with Gasteiger partial charge in [0, 0.05) is 18.2 Å². The van der Waals surface area contributed by atoms with E-state index in [1.54, 1.807) is 7.11 Å². The van der Waals surface area contributed by atoms with Crippen molar-refractivity contribution in [2.45, 2.75) is 12.6 Å². The van der Waals surface area contributed by atoms with Gasteiger partial charge in [-0.1, -0.05) is 19.4 Å². The number of methoxy groups -OCH3 is 1. The Morgan fingerprint density at radius 1 is 1.73 bits per heavy atom. The highest BCUT2D eigenvalue weighted by Gasteiger charge is 2.21. The minimum Gasteiger partial charge on any atom is -0.502 e. The highest BCUT2D eigenvalue weighted by molar-refractivity contribution is 6.68. The Morgan fingerprint density at radius 3 is 3.00 bits per heavy atom. The second kappa shape index (κ2) is 3.42. The van der Waals surface area contributed by atoms with Crippen molar-refractivity contribution in [3.05, 3.63) is 24.5 Å². The van der Waals surface area contributed by atoms with Crippen molar-refractivity contribution in [3.63, 3.8) is 0 Å². The summed E-state index contributed by atoms with van der Waals surface area (Å²) in [6.45, 7) is 6.37. The molecular formula is C8H12BNO.